The number of nitrogen functional groups attached to an aromatic ring is 1. The summed E-state index contributed by atoms with van der Waals surface area (Å²) in [7, 11) is 2.06. The van der Waals surface area contributed by atoms with Gasteiger partial charge in [0, 0.05) is 5.41 Å². The van der Waals surface area contributed by atoms with Crippen LogP contribution in [0.25, 0.3) is 0 Å². The Balaban J connectivity index is 3.13. The summed E-state index contributed by atoms with van der Waals surface area (Å²) in [6.07, 6.45) is 0. The van der Waals surface area contributed by atoms with Crippen LogP contribution >= 0.6 is 11.3 Å². The highest BCUT2D eigenvalue weighted by Crippen LogP contribution is 2.21. The van der Waals surface area contributed by atoms with Gasteiger partial charge in [-0.1, -0.05) is 20.8 Å². The highest BCUT2D eigenvalue weighted by molar-refractivity contribution is 7.23. The molecule has 0 aliphatic heterocycles. The first-order valence-corrected chi connectivity index (χ1v) is 4.46. The van der Waals surface area contributed by atoms with Crippen LogP contribution in [0.2, 0.25) is 0 Å². The highest BCUT2D eigenvalue weighted by Gasteiger charge is 2.19. The van der Waals surface area contributed by atoms with Crippen molar-refractivity contribution in [3.05, 3.63) is 5.69 Å². The number of anilines is 1. The van der Waals surface area contributed by atoms with E-state index in [1.165, 1.54) is 4.78 Å². The molecule has 0 aliphatic rings. The predicted molar refractivity (Wildman–Crippen MR) is 53.4 cm³/mol. The summed E-state index contributed by atoms with van der Waals surface area (Å²) in [6.45, 7) is 6.44. The average Bonchev–Trinajstić information content (AvgIpc) is 2.08. The Morgan fingerprint density at radius 2 is 2.00 bits per heavy atom. The summed E-state index contributed by atoms with van der Waals surface area (Å²) < 4.78 is 1.23. The highest BCUT2D eigenvalue weighted by atomic mass is 32.1. The fraction of sp³-hybridized carbons (Fsp3) is 0.571. The van der Waals surface area contributed by atoms with E-state index >= 15 is 0 Å². The fourth-order valence-electron chi connectivity index (χ4n) is 1.11. The van der Waals surface area contributed by atoms with Crippen LogP contribution in [0.5, 0.6) is 0 Å². The van der Waals surface area contributed by atoms with Crippen LogP contribution < -0.4 is 10.5 Å². The third-order valence-electron chi connectivity index (χ3n) is 1.52. The standard InChI is InChI=1S/C7H13BN2S/c1-7(2,3)4-5(8)11-6(9)10-4/h8H2,1-3H3,(H2,9,10). The molecular formula is C7H13BN2S. The number of hydrogen-bond donors (Lipinski definition) is 1. The van der Waals surface area contributed by atoms with Gasteiger partial charge in [-0.2, -0.15) is 0 Å². The van der Waals surface area contributed by atoms with E-state index in [0.717, 1.165) is 5.69 Å². The molecule has 4 heteroatoms. The minimum absolute atomic E-state index is 0.123. The second kappa shape index (κ2) is 2.52. The van der Waals surface area contributed by atoms with Gasteiger partial charge in [-0.3, -0.25) is 0 Å². The van der Waals surface area contributed by atoms with E-state index in [1.54, 1.807) is 11.3 Å². The molecule has 60 valence electrons. The molecule has 0 bridgehead atoms. The monoisotopic (exact) mass is 168 g/mol. The van der Waals surface area contributed by atoms with Crippen molar-refractivity contribution in [1.29, 1.82) is 0 Å². The molecule has 0 aromatic carbocycles. The summed E-state index contributed by atoms with van der Waals surface area (Å²) in [5, 5.41) is 0.674. The molecule has 2 nitrogen and oxygen atoms in total. The second-order valence-electron chi connectivity index (χ2n) is 3.71. The normalized spacial score (nSPS) is 11.9. The lowest BCUT2D eigenvalue weighted by Gasteiger charge is -2.16. The van der Waals surface area contributed by atoms with Gasteiger partial charge in [-0.05, 0) is 4.78 Å². The van der Waals surface area contributed by atoms with E-state index in [9.17, 15) is 0 Å². The van der Waals surface area contributed by atoms with Gasteiger partial charge in [0.15, 0.2) is 13.0 Å². The van der Waals surface area contributed by atoms with Crippen LogP contribution in [0.15, 0.2) is 0 Å². The number of rotatable bonds is 0. The van der Waals surface area contributed by atoms with Gasteiger partial charge in [0.05, 0.1) is 5.69 Å². The van der Waals surface area contributed by atoms with Crippen LogP contribution in [0.4, 0.5) is 5.13 Å². The Labute approximate surface area is 72.2 Å². The minimum atomic E-state index is 0.123. The summed E-state index contributed by atoms with van der Waals surface area (Å²) in [5.41, 5.74) is 6.83. The lowest BCUT2D eigenvalue weighted by Crippen LogP contribution is -2.20. The fourth-order valence-corrected chi connectivity index (χ4v) is 2.01. The van der Waals surface area contributed by atoms with Crippen molar-refractivity contribution in [3.63, 3.8) is 0 Å². The SMILES string of the molecule is Bc1sc(N)nc1C(C)(C)C. The number of hydrogen-bond acceptors (Lipinski definition) is 3. The Morgan fingerprint density at radius 1 is 1.45 bits per heavy atom. The molecule has 1 aromatic rings. The third-order valence-corrected chi connectivity index (χ3v) is 2.32. The summed E-state index contributed by atoms with van der Waals surface area (Å²) >= 11 is 1.56. The zero-order valence-corrected chi connectivity index (χ0v) is 8.25. The number of nitrogens with zero attached hydrogens (tertiary/aromatic N) is 1. The molecule has 0 aliphatic carbocycles. The molecule has 0 saturated heterocycles. The maximum atomic E-state index is 5.58. The van der Waals surface area contributed by atoms with Crippen LogP contribution in [0, 0.1) is 0 Å². The van der Waals surface area contributed by atoms with Crippen LogP contribution in [0.1, 0.15) is 26.5 Å². The Kier molecular flexibility index (Phi) is 1.97. The van der Waals surface area contributed by atoms with E-state index in [1.807, 2.05) is 0 Å². The Hall–Kier alpha value is -0.505. The molecule has 0 radical (unpaired) electrons. The molecule has 0 amide bonds. The third kappa shape index (κ3) is 1.74. The van der Waals surface area contributed by atoms with Crippen molar-refractivity contribution in [2.45, 2.75) is 26.2 Å². The van der Waals surface area contributed by atoms with E-state index in [0.29, 0.717) is 5.13 Å². The van der Waals surface area contributed by atoms with Crippen molar-refractivity contribution in [2.75, 3.05) is 5.73 Å². The maximum Gasteiger partial charge on any atom is 0.179 e. The number of aromatic nitrogens is 1. The lowest BCUT2D eigenvalue weighted by atomic mass is 9.87. The second-order valence-corrected chi connectivity index (χ2v) is 4.94. The molecule has 2 N–H and O–H groups in total. The quantitative estimate of drug-likeness (QED) is 0.565. The zero-order valence-electron chi connectivity index (χ0n) is 7.43. The zero-order chi connectivity index (χ0) is 8.65. The van der Waals surface area contributed by atoms with Gasteiger partial charge < -0.3 is 5.73 Å². The topological polar surface area (TPSA) is 38.9 Å². The summed E-state index contributed by atoms with van der Waals surface area (Å²) in [5.74, 6) is 0. The van der Waals surface area contributed by atoms with Gasteiger partial charge in [0.2, 0.25) is 0 Å². The average molecular weight is 168 g/mol. The molecule has 0 fully saturated rings. The van der Waals surface area contributed by atoms with Gasteiger partial charge in [0.25, 0.3) is 0 Å². The maximum absolute atomic E-state index is 5.58. The summed E-state index contributed by atoms with van der Waals surface area (Å²) in [6, 6.07) is 0. The first-order chi connectivity index (χ1) is 4.91. The molecule has 0 atom stereocenters. The van der Waals surface area contributed by atoms with Gasteiger partial charge in [-0.15, -0.1) is 11.3 Å². The van der Waals surface area contributed by atoms with E-state index in [4.69, 9.17) is 5.73 Å². The summed E-state index contributed by atoms with van der Waals surface area (Å²) in [4.78, 5) is 4.28. The first-order valence-electron chi connectivity index (χ1n) is 3.64. The largest absolute Gasteiger partial charge is 0.375 e. The lowest BCUT2D eigenvalue weighted by molar-refractivity contribution is 0.577. The Bertz CT molecular complexity index is 262. The van der Waals surface area contributed by atoms with Crippen molar-refractivity contribution in [3.8, 4) is 0 Å². The molecule has 11 heavy (non-hydrogen) atoms. The van der Waals surface area contributed by atoms with Gasteiger partial charge in [-0.25, -0.2) is 4.98 Å². The van der Waals surface area contributed by atoms with E-state index in [2.05, 4.69) is 33.6 Å². The number of nitrogens with two attached hydrogens (primary N) is 1. The minimum Gasteiger partial charge on any atom is -0.375 e. The number of thiazole rings is 1. The van der Waals surface area contributed by atoms with Crippen molar-refractivity contribution in [2.24, 2.45) is 0 Å². The van der Waals surface area contributed by atoms with Gasteiger partial charge in [0.1, 0.15) is 0 Å². The van der Waals surface area contributed by atoms with E-state index in [-0.39, 0.29) is 5.41 Å². The van der Waals surface area contributed by atoms with Crippen LogP contribution in [0.3, 0.4) is 0 Å². The molecule has 1 heterocycles. The van der Waals surface area contributed by atoms with Crippen LogP contribution in [-0.4, -0.2) is 12.8 Å². The van der Waals surface area contributed by atoms with Crippen molar-refractivity contribution < 1.29 is 0 Å². The first kappa shape index (κ1) is 8.59. The van der Waals surface area contributed by atoms with Crippen molar-refractivity contribution in [1.82, 2.24) is 4.98 Å². The molecule has 1 rings (SSSR count). The predicted octanol–water partition coefficient (Wildman–Crippen LogP) is 0.281. The molecule has 0 spiro atoms. The van der Waals surface area contributed by atoms with Gasteiger partial charge >= 0.3 is 0 Å². The van der Waals surface area contributed by atoms with Crippen molar-refractivity contribution >= 4 is 29.1 Å². The van der Waals surface area contributed by atoms with E-state index < -0.39 is 0 Å². The molecular weight excluding hydrogens is 155 g/mol. The van der Waals surface area contributed by atoms with Crippen LogP contribution in [-0.2, 0) is 5.41 Å². The molecule has 1 aromatic heterocycles. The molecule has 0 saturated carbocycles. The Morgan fingerprint density at radius 3 is 2.18 bits per heavy atom. The smallest absolute Gasteiger partial charge is 0.179 e. The molecule has 0 unspecified atom stereocenters.